The predicted octanol–water partition coefficient (Wildman–Crippen LogP) is 5.69. The van der Waals surface area contributed by atoms with E-state index in [1.807, 2.05) is 46.3 Å². The number of aromatic nitrogens is 5. The molecule has 2 amide bonds. The fraction of sp³-hybridized carbons (Fsp3) is 0.351. The number of nitrogens with zero attached hydrogens (tertiary/aromatic N) is 6. The van der Waals surface area contributed by atoms with E-state index in [0.717, 1.165) is 50.5 Å². The highest BCUT2D eigenvalue weighted by Crippen LogP contribution is 2.34. The number of likely N-dealkylation sites (tertiary alicyclic amines) is 1. The number of amides is 2. The van der Waals surface area contributed by atoms with Crippen molar-refractivity contribution in [1.29, 1.82) is 0 Å². The number of aromatic amines is 1. The highest BCUT2D eigenvalue weighted by atomic mass is 32.1. The third-order valence-electron chi connectivity index (χ3n) is 9.31. The number of anilines is 1. The van der Waals surface area contributed by atoms with Gasteiger partial charge in [-0.05, 0) is 54.2 Å². The van der Waals surface area contributed by atoms with Crippen LogP contribution in [0.5, 0.6) is 0 Å². The van der Waals surface area contributed by atoms with Gasteiger partial charge < -0.3 is 15.0 Å². The van der Waals surface area contributed by atoms with E-state index in [1.165, 1.54) is 5.57 Å². The van der Waals surface area contributed by atoms with Gasteiger partial charge in [-0.3, -0.25) is 19.6 Å². The summed E-state index contributed by atoms with van der Waals surface area (Å²) >= 11 is 1.65. The predicted molar refractivity (Wildman–Crippen MR) is 192 cm³/mol. The van der Waals surface area contributed by atoms with Crippen molar-refractivity contribution in [3.8, 4) is 22.0 Å². The summed E-state index contributed by atoms with van der Waals surface area (Å²) in [6, 6.07) is 15.8. The van der Waals surface area contributed by atoms with E-state index >= 15 is 0 Å². The van der Waals surface area contributed by atoms with Crippen molar-refractivity contribution in [1.82, 2.24) is 34.9 Å². The smallest absolute Gasteiger partial charge is 0.258 e. The summed E-state index contributed by atoms with van der Waals surface area (Å²) in [6.07, 6.45) is 9.68. The number of rotatable bonds is 10. The number of benzene rings is 2. The maximum absolute atomic E-state index is 13.7. The molecule has 0 unspecified atom stereocenters. The van der Waals surface area contributed by atoms with Crippen LogP contribution in [0, 0.1) is 5.92 Å². The Bertz CT molecular complexity index is 1990. The van der Waals surface area contributed by atoms with Crippen LogP contribution in [0.3, 0.4) is 0 Å². The molecular weight excluding hydrogens is 637 g/mol. The number of methoxy groups -OCH3 is 1. The number of carbonyl (C=O) groups excluding carboxylic acids is 2. The first-order valence-corrected chi connectivity index (χ1v) is 17.5. The maximum atomic E-state index is 13.7. The van der Waals surface area contributed by atoms with Crippen LogP contribution in [0.4, 0.5) is 5.69 Å². The molecule has 252 valence electrons. The van der Waals surface area contributed by atoms with Crippen LogP contribution in [0.15, 0.2) is 73.2 Å². The van der Waals surface area contributed by atoms with Gasteiger partial charge in [0.15, 0.2) is 11.4 Å². The molecule has 1 saturated heterocycles. The zero-order valence-corrected chi connectivity index (χ0v) is 28.8. The van der Waals surface area contributed by atoms with Crippen LogP contribution >= 0.6 is 11.3 Å². The number of hydrogen-bond donors (Lipinski definition) is 2. The molecule has 1 atom stereocenters. The summed E-state index contributed by atoms with van der Waals surface area (Å²) in [5.41, 5.74) is 4.66. The van der Waals surface area contributed by atoms with Crippen LogP contribution in [-0.2, 0) is 20.7 Å². The molecule has 0 spiro atoms. The Morgan fingerprint density at radius 1 is 1.06 bits per heavy atom. The number of H-pyrrole nitrogens is 1. The van der Waals surface area contributed by atoms with Gasteiger partial charge in [0.05, 0.1) is 21.9 Å². The molecule has 0 aliphatic carbocycles. The molecule has 2 aromatic carbocycles. The lowest BCUT2D eigenvalue weighted by Gasteiger charge is -2.30. The molecule has 0 bridgehead atoms. The molecule has 12 heteroatoms. The SMILES string of the molecule is CO[C@@]1(C(=O)Nc2ccc3[nH]nc(-c4cnc(CC(C)C)s4)c3c2)CCN(CC(=O)N2CC=C(c3ccc(-c4ncccn4)cc3)CC2)C1. The average molecular weight is 677 g/mol. The second-order valence-electron chi connectivity index (χ2n) is 13.1. The van der Waals surface area contributed by atoms with E-state index in [4.69, 9.17) is 4.74 Å². The third kappa shape index (κ3) is 7.03. The molecule has 5 aromatic rings. The molecule has 2 aliphatic heterocycles. The molecule has 11 nitrogen and oxygen atoms in total. The number of fused-ring (bicyclic) bond motifs is 1. The van der Waals surface area contributed by atoms with Gasteiger partial charge in [-0.25, -0.2) is 15.0 Å². The first kappa shape index (κ1) is 32.8. The molecule has 49 heavy (non-hydrogen) atoms. The lowest BCUT2D eigenvalue weighted by Crippen LogP contribution is -2.48. The van der Waals surface area contributed by atoms with Gasteiger partial charge in [0.25, 0.3) is 5.91 Å². The van der Waals surface area contributed by atoms with Crippen molar-refractivity contribution in [2.45, 2.75) is 38.7 Å². The highest BCUT2D eigenvalue weighted by molar-refractivity contribution is 7.15. The highest BCUT2D eigenvalue weighted by Gasteiger charge is 2.45. The Balaban J connectivity index is 0.956. The van der Waals surface area contributed by atoms with Crippen molar-refractivity contribution in [2.24, 2.45) is 5.92 Å². The summed E-state index contributed by atoms with van der Waals surface area (Å²) in [5.74, 6) is 1.06. The van der Waals surface area contributed by atoms with Crippen LogP contribution < -0.4 is 5.32 Å². The first-order valence-electron chi connectivity index (χ1n) is 16.7. The van der Waals surface area contributed by atoms with Crippen molar-refractivity contribution < 1.29 is 14.3 Å². The van der Waals surface area contributed by atoms with Gasteiger partial charge in [-0.2, -0.15) is 5.10 Å². The summed E-state index contributed by atoms with van der Waals surface area (Å²) in [7, 11) is 1.57. The first-order chi connectivity index (χ1) is 23.8. The Morgan fingerprint density at radius 2 is 1.86 bits per heavy atom. The van der Waals surface area contributed by atoms with Crippen molar-refractivity contribution in [3.05, 3.63) is 83.8 Å². The molecule has 1 fully saturated rings. The second-order valence-corrected chi connectivity index (χ2v) is 14.2. The number of nitrogens with one attached hydrogen (secondary N) is 2. The van der Waals surface area contributed by atoms with Crippen LogP contribution in [0.25, 0.3) is 38.4 Å². The van der Waals surface area contributed by atoms with E-state index in [9.17, 15) is 9.59 Å². The van der Waals surface area contributed by atoms with Gasteiger partial charge in [0, 0.05) is 74.9 Å². The average Bonchev–Trinajstić information content (AvgIpc) is 3.87. The summed E-state index contributed by atoms with van der Waals surface area (Å²) in [4.78, 5) is 45.2. The van der Waals surface area contributed by atoms with Crippen LogP contribution in [-0.4, -0.2) is 92.2 Å². The minimum Gasteiger partial charge on any atom is -0.367 e. The second kappa shape index (κ2) is 14.0. The number of carbonyl (C=O) groups is 2. The summed E-state index contributed by atoms with van der Waals surface area (Å²) in [6.45, 7) is 6.74. The van der Waals surface area contributed by atoms with Crippen molar-refractivity contribution in [3.63, 3.8) is 0 Å². The molecule has 0 radical (unpaired) electrons. The molecule has 3 aromatic heterocycles. The number of thiazole rings is 1. The lowest BCUT2D eigenvalue weighted by atomic mass is 9.98. The van der Waals surface area contributed by atoms with Gasteiger partial charge in [0.2, 0.25) is 5.91 Å². The Hall–Kier alpha value is -4.78. The normalized spacial score (nSPS) is 18.3. The maximum Gasteiger partial charge on any atom is 0.258 e. The van der Waals surface area contributed by atoms with Gasteiger partial charge in [0.1, 0.15) is 5.69 Å². The Morgan fingerprint density at radius 3 is 2.59 bits per heavy atom. The van der Waals surface area contributed by atoms with E-state index in [0.29, 0.717) is 50.0 Å². The molecule has 2 N–H and O–H groups in total. The summed E-state index contributed by atoms with van der Waals surface area (Å²) in [5, 5.41) is 12.7. The Kier molecular flexibility index (Phi) is 9.35. The summed E-state index contributed by atoms with van der Waals surface area (Å²) < 4.78 is 5.87. The van der Waals surface area contributed by atoms with E-state index in [2.05, 4.69) is 62.5 Å². The number of ether oxygens (including phenoxy) is 1. The van der Waals surface area contributed by atoms with Crippen molar-refractivity contribution >= 4 is 45.3 Å². The molecule has 7 rings (SSSR count). The van der Waals surface area contributed by atoms with Crippen LogP contribution in [0.1, 0.15) is 37.3 Å². The van der Waals surface area contributed by atoms with Gasteiger partial charge in [-0.15, -0.1) is 11.3 Å². The molecule has 0 saturated carbocycles. The quantitative estimate of drug-likeness (QED) is 0.193. The van der Waals surface area contributed by atoms with Crippen molar-refractivity contribution in [2.75, 3.05) is 45.2 Å². The standard InChI is InChI=1S/C37H40N8O3S/c1-24(2)19-32-40-21-31(49-32)34-29-20-28(9-10-30(29)42-43-34)41-36(47)37(48-3)13-18-44(23-37)22-33(46)45-16-11-26(12-17-45)25-5-7-27(8-6-25)35-38-14-4-15-39-35/h4-11,14-15,20-21,24H,12-13,16-19,22-23H2,1-3H3,(H,41,47)(H,42,43)/t37-/m0/s1. The van der Waals surface area contributed by atoms with Crippen LogP contribution in [0.2, 0.25) is 0 Å². The zero-order chi connectivity index (χ0) is 34.0. The third-order valence-corrected chi connectivity index (χ3v) is 10.3. The number of hydrogen-bond acceptors (Lipinski definition) is 9. The van der Waals surface area contributed by atoms with Gasteiger partial charge in [-0.1, -0.05) is 44.2 Å². The van der Waals surface area contributed by atoms with E-state index in [1.54, 1.807) is 36.9 Å². The zero-order valence-electron chi connectivity index (χ0n) is 28.0. The van der Waals surface area contributed by atoms with Gasteiger partial charge >= 0.3 is 0 Å². The minimum atomic E-state index is -1.05. The molecule has 2 aliphatic rings. The lowest BCUT2D eigenvalue weighted by molar-refractivity contribution is -0.138. The van der Waals surface area contributed by atoms with E-state index < -0.39 is 5.60 Å². The fourth-order valence-electron chi connectivity index (χ4n) is 6.56. The van der Waals surface area contributed by atoms with E-state index in [-0.39, 0.29) is 18.4 Å². The minimum absolute atomic E-state index is 0.0525. The molecule has 5 heterocycles. The fourth-order valence-corrected chi connectivity index (χ4v) is 7.69. The molecular formula is C37H40N8O3S. The monoisotopic (exact) mass is 676 g/mol. The largest absolute Gasteiger partial charge is 0.367 e. The topological polar surface area (TPSA) is 129 Å². The Labute approximate surface area is 289 Å².